The Morgan fingerprint density at radius 1 is 1.41 bits per heavy atom. The van der Waals surface area contributed by atoms with E-state index < -0.39 is 5.97 Å². The zero-order chi connectivity index (χ0) is 12.6. The van der Waals surface area contributed by atoms with Crippen LogP contribution in [0.15, 0.2) is 24.3 Å². The lowest BCUT2D eigenvalue weighted by Crippen LogP contribution is -2.05. The molecule has 1 aliphatic rings. The zero-order valence-electron chi connectivity index (χ0n) is 9.65. The number of carbonyl (C=O) groups is 2. The van der Waals surface area contributed by atoms with Crippen LogP contribution in [0.5, 0.6) is 0 Å². The standard InChI is InChI=1S/C13H13NO3/c1-7(2)8-3-4-11-9(5-8)10(6-12(15)16)13(17)14-11/h3-7H,1-2H3,(H,14,17)(H,15,16)/b10-6-. The summed E-state index contributed by atoms with van der Waals surface area (Å²) in [6.07, 6.45) is 0.950. The average molecular weight is 231 g/mol. The number of carboxylic acid groups (broad SMARTS) is 1. The monoisotopic (exact) mass is 231 g/mol. The molecule has 1 aliphatic heterocycles. The number of amides is 1. The molecule has 17 heavy (non-hydrogen) atoms. The van der Waals surface area contributed by atoms with Gasteiger partial charge in [0.15, 0.2) is 0 Å². The number of nitrogens with one attached hydrogen (secondary N) is 1. The summed E-state index contributed by atoms with van der Waals surface area (Å²) < 4.78 is 0. The van der Waals surface area contributed by atoms with E-state index in [2.05, 4.69) is 5.32 Å². The molecule has 1 heterocycles. The highest BCUT2D eigenvalue weighted by atomic mass is 16.4. The van der Waals surface area contributed by atoms with E-state index in [4.69, 9.17) is 5.11 Å². The molecule has 4 heteroatoms. The van der Waals surface area contributed by atoms with Crippen molar-refractivity contribution in [1.82, 2.24) is 0 Å². The lowest BCUT2D eigenvalue weighted by molar-refractivity contribution is -0.131. The molecule has 0 bridgehead atoms. The first-order valence-corrected chi connectivity index (χ1v) is 5.39. The Balaban J connectivity index is 2.54. The fraction of sp³-hybridized carbons (Fsp3) is 0.231. The second-order valence-corrected chi connectivity index (χ2v) is 4.31. The molecule has 0 saturated heterocycles. The summed E-state index contributed by atoms with van der Waals surface area (Å²) in [6, 6.07) is 5.62. The highest BCUT2D eigenvalue weighted by molar-refractivity contribution is 6.33. The second kappa shape index (κ2) is 4.05. The molecule has 0 unspecified atom stereocenters. The quantitative estimate of drug-likeness (QED) is 0.767. The first-order valence-electron chi connectivity index (χ1n) is 5.39. The Hall–Kier alpha value is -2.10. The van der Waals surface area contributed by atoms with Crippen LogP contribution < -0.4 is 5.32 Å². The molecule has 0 aliphatic carbocycles. The van der Waals surface area contributed by atoms with Crippen molar-refractivity contribution >= 4 is 23.1 Å². The molecule has 0 atom stereocenters. The van der Waals surface area contributed by atoms with Crippen molar-refractivity contribution < 1.29 is 14.7 Å². The number of carbonyl (C=O) groups excluding carboxylic acids is 1. The second-order valence-electron chi connectivity index (χ2n) is 4.31. The Morgan fingerprint density at radius 2 is 2.12 bits per heavy atom. The third-order valence-corrected chi connectivity index (χ3v) is 2.76. The van der Waals surface area contributed by atoms with E-state index in [0.717, 1.165) is 11.6 Å². The highest BCUT2D eigenvalue weighted by Crippen LogP contribution is 2.33. The third-order valence-electron chi connectivity index (χ3n) is 2.76. The van der Waals surface area contributed by atoms with Crippen molar-refractivity contribution in [2.24, 2.45) is 0 Å². The molecule has 1 amide bonds. The minimum Gasteiger partial charge on any atom is -0.478 e. The summed E-state index contributed by atoms with van der Waals surface area (Å²) in [6.45, 7) is 4.10. The molecule has 2 N–H and O–H groups in total. The largest absolute Gasteiger partial charge is 0.478 e. The molecule has 88 valence electrons. The van der Waals surface area contributed by atoms with Gasteiger partial charge in [-0.2, -0.15) is 0 Å². The summed E-state index contributed by atoms with van der Waals surface area (Å²) in [4.78, 5) is 22.3. The van der Waals surface area contributed by atoms with E-state index in [1.807, 2.05) is 32.0 Å². The molecule has 1 aromatic rings. The molecule has 0 aromatic heterocycles. The Labute approximate surface area is 99.0 Å². The molecular formula is C13H13NO3. The Kier molecular flexibility index (Phi) is 2.71. The van der Waals surface area contributed by atoms with Gasteiger partial charge >= 0.3 is 5.97 Å². The summed E-state index contributed by atoms with van der Waals surface area (Å²) >= 11 is 0. The maximum absolute atomic E-state index is 11.6. The molecular weight excluding hydrogens is 218 g/mol. The molecule has 1 aromatic carbocycles. The summed E-state index contributed by atoms with van der Waals surface area (Å²) in [5.41, 5.74) is 2.64. The van der Waals surface area contributed by atoms with Crippen molar-refractivity contribution in [3.63, 3.8) is 0 Å². The fourth-order valence-corrected chi connectivity index (χ4v) is 1.83. The molecule has 0 fully saturated rings. The number of carboxylic acids is 1. The van der Waals surface area contributed by atoms with Crippen LogP contribution in [-0.2, 0) is 9.59 Å². The minimum atomic E-state index is -1.11. The fourth-order valence-electron chi connectivity index (χ4n) is 1.83. The maximum atomic E-state index is 11.6. The van der Waals surface area contributed by atoms with E-state index >= 15 is 0 Å². The van der Waals surface area contributed by atoms with Crippen molar-refractivity contribution in [3.05, 3.63) is 35.4 Å². The van der Waals surface area contributed by atoms with Gasteiger partial charge in [0.05, 0.1) is 5.57 Å². The topological polar surface area (TPSA) is 66.4 Å². The first kappa shape index (κ1) is 11.4. The van der Waals surface area contributed by atoms with Gasteiger partial charge in [0, 0.05) is 17.3 Å². The van der Waals surface area contributed by atoms with Gasteiger partial charge in [-0.3, -0.25) is 4.79 Å². The van der Waals surface area contributed by atoms with E-state index in [9.17, 15) is 9.59 Å². The van der Waals surface area contributed by atoms with Gasteiger partial charge in [0.25, 0.3) is 5.91 Å². The van der Waals surface area contributed by atoms with Crippen molar-refractivity contribution in [2.45, 2.75) is 19.8 Å². The van der Waals surface area contributed by atoms with Gasteiger partial charge < -0.3 is 10.4 Å². The van der Waals surface area contributed by atoms with E-state index in [-0.39, 0.29) is 11.5 Å². The normalized spacial score (nSPS) is 16.2. The lowest BCUT2D eigenvalue weighted by Gasteiger charge is -2.07. The lowest BCUT2D eigenvalue weighted by atomic mass is 9.97. The third kappa shape index (κ3) is 2.06. The van der Waals surface area contributed by atoms with Crippen molar-refractivity contribution in [1.29, 1.82) is 0 Å². The average Bonchev–Trinajstić information content (AvgIpc) is 2.54. The van der Waals surface area contributed by atoms with Gasteiger partial charge in [-0.25, -0.2) is 4.79 Å². The molecule has 0 spiro atoms. The number of fused-ring (bicyclic) bond motifs is 1. The van der Waals surface area contributed by atoms with Gasteiger partial charge in [0.1, 0.15) is 0 Å². The van der Waals surface area contributed by atoms with Crippen LogP contribution in [0.25, 0.3) is 5.57 Å². The van der Waals surface area contributed by atoms with E-state index in [0.29, 0.717) is 17.2 Å². The van der Waals surface area contributed by atoms with Crippen LogP contribution in [-0.4, -0.2) is 17.0 Å². The Bertz CT molecular complexity index is 529. The molecule has 4 nitrogen and oxygen atoms in total. The molecule has 0 radical (unpaired) electrons. The predicted octanol–water partition coefficient (Wildman–Crippen LogP) is 2.23. The Morgan fingerprint density at radius 3 is 2.71 bits per heavy atom. The summed E-state index contributed by atoms with van der Waals surface area (Å²) in [7, 11) is 0. The van der Waals surface area contributed by atoms with Gasteiger partial charge in [0.2, 0.25) is 0 Å². The van der Waals surface area contributed by atoms with Crippen LogP contribution in [0, 0.1) is 0 Å². The van der Waals surface area contributed by atoms with Crippen LogP contribution in [0.2, 0.25) is 0 Å². The van der Waals surface area contributed by atoms with Gasteiger partial charge in [-0.15, -0.1) is 0 Å². The van der Waals surface area contributed by atoms with Crippen molar-refractivity contribution in [3.8, 4) is 0 Å². The van der Waals surface area contributed by atoms with Crippen LogP contribution >= 0.6 is 0 Å². The number of benzene rings is 1. The number of anilines is 1. The van der Waals surface area contributed by atoms with Crippen LogP contribution in [0.4, 0.5) is 5.69 Å². The maximum Gasteiger partial charge on any atom is 0.329 e. The van der Waals surface area contributed by atoms with E-state index in [1.165, 1.54) is 0 Å². The predicted molar refractivity (Wildman–Crippen MR) is 64.8 cm³/mol. The number of hydrogen-bond donors (Lipinski definition) is 2. The smallest absolute Gasteiger partial charge is 0.329 e. The highest BCUT2D eigenvalue weighted by Gasteiger charge is 2.25. The van der Waals surface area contributed by atoms with Crippen LogP contribution in [0.3, 0.4) is 0 Å². The SMILES string of the molecule is CC(C)c1ccc2c(c1)/C(=C/C(=O)O)C(=O)N2. The van der Waals surface area contributed by atoms with Crippen LogP contribution in [0.1, 0.15) is 30.9 Å². The molecule has 0 saturated carbocycles. The zero-order valence-corrected chi connectivity index (χ0v) is 9.65. The van der Waals surface area contributed by atoms with Gasteiger partial charge in [-0.1, -0.05) is 19.9 Å². The minimum absolute atomic E-state index is 0.218. The summed E-state index contributed by atoms with van der Waals surface area (Å²) in [5.74, 6) is -1.14. The number of hydrogen-bond acceptors (Lipinski definition) is 2. The van der Waals surface area contributed by atoms with E-state index in [1.54, 1.807) is 0 Å². The summed E-state index contributed by atoms with van der Waals surface area (Å²) in [5, 5.41) is 11.4. The van der Waals surface area contributed by atoms with Crippen molar-refractivity contribution in [2.75, 3.05) is 5.32 Å². The number of aliphatic carboxylic acids is 1. The number of rotatable bonds is 2. The molecule has 2 rings (SSSR count). The van der Waals surface area contributed by atoms with Gasteiger partial charge in [-0.05, 0) is 23.6 Å². The first-order chi connectivity index (χ1) is 7.99.